The molecule has 2 aliphatic carbocycles. The molecular formula is C37H34ClF3N10O5. The van der Waals surface area contributed by atoms with Crippen LogP contribution in [-0.2, 0) is 22.9 Å². The second kappa shape index (κ2) is 13.7. The Bertz CT molecular complexity index is 2490. The summed E-state index contributed by atoms with van der Waals surface area (Å²) in [5.41, 5.74) is -0.453. The summed E-state index contributed by atoms with van der Waals surface area (Å²) < 4.78 is 42.6. The summed E-state index contributed by atoms with van der Waals surface area (Å²) in [6.07, 6.45) is 1.09. The van der Waals surface area contributed by atoms with E-state index in [0.717, 1.165) is 35.6 Å². The molecule has 3 amide bonds. The number of carbonyl (C=O) groups is 3. The molecule has 1 saturated heterocycles. The van der Waals surface area contributed by atoms with Gasteiger partial charge in [0.15, 0.2) is 17.3 Å². The molecule has 1 atom stereocenters. The van der Waals surface area contributed by atoms with E-state index in [4.69, 9.17) is 11.6 Å². The van der Waals surface area contributed by atoms with Gasteiger partial charge in [0, 0.05) is 47.6 Å². The van der Waals surface area contributed by atoms with Crippen LogP contribution in [0.2, 0.25) is 5.02 Å². The Balaban J connectivity index is 1.16. The van der Waals surface area contributed by atoms with Gasteiger partial charge in [0.05, 0.1) is 22.0 Å². The van der Waals surface area contributed by atoms with Gasteiger partial charge in [-0.2, -0.15) is 22.7 Å². The minimum atomic E-state index is -4.63. The van der Waals surface area contributed by atoms with Gasteiger partial charge >= 0.3 is 6.18 Å². The molecule has 5 aromatic rings. The van der Waals surface area contributed by atoms with E-state index in [-0.39, 0.29) is 76.1 Å². The van der Waals surface area contributed by atoms with Crippen LogP contribution in [0.3, 0.4) is 0 Å². The largest absolute Gasteiger partial charge is 0.504 e. The van der Waals surface area contributed by atoms with Crippen LogP contribution >= 0.6 is 11.6 Å². The predicted molar refractivity (Wildman–Crippen MR) is 194 cm³/mol. The molecule has 0 radical (unpaired) electrons. The number of piperidine rings is 1. The number of hydrogen-bond acceptors (Lipinski definition) is 10. The van der Waals surface area contributed by atoms with Crippen LogP contribution in [-0.4, -0.2) is 81.0 Å². The Morgan fingerprint density at radius 3 is 2.48 bits per heavy atom. The molecule has 4 aromatic heterocycles. The zero-order valence-corrected chi connectivity index (χ0v) is 30.8. The average Bonchev–Trinajstić information content (AvgIpc) is 3.78. The zero-order valence-electron chi connectivity index (χ0n) is 30.0. The van der Waals surface area contributed by atoms with Gasteiger partial charge in [-0.1, -0.05) is 18.5 Å². The van der Waals surface area contributed by atoms with E-state index in [1.807, 2.05) is 6.92 Å². The number of rotatable bonds is 7. The number of alkyl halides is 3. The topological polar surface area (TPSA) is 190 Å². The summed E-state index contributed by atoms with van der Waals surface area (Å²) in [5, 5.41) is 20.2. The monoisotopic (exact) mass is 790 g/mol. The Morgan fingerprint density at radius 1 is 1.07 bits per heavy atom. The molecule has 19 heteroatoms. The highest BCUT2D eigenvalue weighted by Gasteiger charge is 2.49. The Kier molecular flexibility index (Phi) is 9.05. The lowest BCUT2D eigenvalue weighted by molar-refractivity contribution is -0.137. The number of benzene rings is 1. The van der Waals surface area contributed by atoms with Crippen molar-refractivity contribution >= 4 is 40.8 Å². The quantitative estimate of drug-likeness (QED) is 0.210. The third-order valence-electron chi connectivity index (χ3n) is 10.7. The van der Waals surface area contributed by atoms with E-state index in [2.05, 4.69) is 35.7 Å². The van der Waals surface area contributed by atoms with Crippen molar-refractivity contribution in [3.05, 3.63) is 92.1 Å². The standard InChI is InChI=1S/C37H34ClF3N10O5/c1-18-14-36(9-11-49(12-10-36)34(56)28-30(53)19(2)43-17-44-28)27-29(18)50(16-26(52)46-24-8-4-21(13-23(24)38)37(39,40)41)35-47-31(48-51(35)33(27)55)20-3-7-25(42-15-20)32(54)45-22-5-6-22/h3-4,7-8,13,15,17-18,22,53H,5-6,9-12,14,16H2,1-2H3,(H,45,54)(H,46,52). The van der Waals surface area contributed by atoms with Crippen LogP contribution in [0, 0.1) is 6.92 Å². The number of pyridine rings is 1. The lowest BCUT2D eigenvalue weighted by Crippen LogP contribution is -2.46. The van der Waals surface area contributed by atoms with E-state index in [9.17, 15) is 37.5 Å². The summed E-state index contributed by atoms with van der Waals surface area (Å²) in [7, 11) is 0. The van der Waals surface area contributed by atoms with Crippen LogP contribution in [0.5, 0.6) is 5.75 Å². The number of carbonyl (C=O) groups excluding carboxylic acids is 3. The summed E-state index contributed by atoms with van der Waals surface area (Å²) in [6, 6.07) is 5.88. The van der Waals surface area contributed by atoms with Gasteiger partial charge in [-0.05, 0) is 75.3 Å². The van der Waals surface area contributed by atoms with Gasteiger partial charge in [-0.15, -0.1) is 5.10 Å². The second-order valence-corrected chi connectivity index (χ2v) is 15.0. The zero-order chi connectivity index (χ0) is 39.7. The molecule has 56 heavy (non-hydrogen) atoms. The molecular weight excluding hydrogens is 757 g/mol. The van der Waals surface area contributed by atoms with Gasteiger partial charge < -0.3 is 25.2 Å². The maximum atomic E-state index is 14.6. The minimum Gasteiger partial charge on any atom is -0.504 e. The molecule has 1 aliphatic heterocycles. The van der Waals surface area contributed by atoms with Gasteiger partial charge in [-0.3, -0.25) is 24.2 Å². The lowest BCUT2D eigenvalue weighted by atomic mass is 9.73. The molecule has 1 aromatic carbocycles. The van der Waals surface area contributed by atoms with Gasteiger partial charge in [-0.25, -0.2) is 9.97 Å². The summed E-state index contributed by atoms with van der Waals surface area (Å²) in [6.45, 7) is 3.57. The number of aromatic nitrogens is 7. The summed E-state index contributed by atoms with van der Waals surface area (Å²) in [4.78, 5) is 72.7. The fraction of sp³-hybridized carbons (Fsp3) is 0.378. The number of fused-ring (bicyclic) bond motifs is 3. The Hall–Kier alpha value is -5.91. The molecule has 0 bridgehead atoms. The number of aromatic hydroxyl groups is 1. The van der Waals surface area contributed by atoms with Crippen LogP contribution in [0.1, 0.15) is 88.4 Å². The SMILES string of the molecule is Cc1ncnc(C(=O)N2CCC3(CC2)CC(C)c2c3c(=O)n3nc(-c4ccc(C(=O)NC5CC5)nc4)nc3n2CC(=O)Nc2ccc(C(F)(F)F)cc2Cl)c1O. The first-order valence-electron chi connectivity index (χ1n) is 17.9. The second-order valence-electron chi connectivity index (χ2n) is 14.6. The fourth-order valence-electron chi connectivity index (χ4n) is 7.79. The van der Waals surface area contributed by atoms with Crippen molar-refractivity contribution in [3.8, 4) is 17.1 Å². The number of nitrogens with one attached hydrogen (secondary N) is 2. The van der Waals surface area contributed by atoms with Crippen molar-refractivity contribution < 1.29 is 32.7 Å². The van der Waals surface area contributed by atoms with Gasteiger partial charge in [0.25, 0.3) is 17.4 Å². The predicted octanol–water partition coefficient (Wildman–Crippen LogP) is 4.64. The molecule has 2 fully saturated rings. The number of amides is 3. The number of nitrogens with zero attached hydrogens (tertiary/aromatic N) is 8. The smallest absolute Gasteiger partial charge is 0.416 e. The first kappa shape index (κ1) is 37.0. The van der Waals surface area contributed by atoms with Crippen molar-refractivity contribution in [1.82, 2.24) is 44.3 Å². The minimum absolute atomic E-state index is 0.0381. The van der Waals surface area contributed by atoms with Crippen molar-refractivity contribution in [2.75, 3.05) is 18.4 Å². The first-order chi connectivity index (χ1) is 26.6. The Labute approximate surface area is 321 Å². The number of hydrogen-bond donors (Lipinski definition) is 3. The normalized spacial score (nSPS) is 17.6. The molecule has 3 N–H and O–H groups in total. The molecule has 290 valence electrons. The van der Waals surface area contributed by atoms with Gasteiger partial charge in [0.2, 0.25) is 11.7 Å². The van der Waals surface area contributed by atoms with Crippen LogP contribution < -0.4 is 16.2 Å². The highest BCUT2D eigenvalue weighted by Crippen LogP contribution is 2.50. The molecule has 1 unspecified atom stereocenters. The molecule has 5 heterocycles. The maximum Gasteiger partial charge on any atom is 0.416 e. The number of aryl methyl sites for hydroxylation is 1. The van der Waals surface area contributed by atoms with E-state index in [1.165, 1.54) is 18.6 Å². The van der Waals surface area contributed by atoms with Crippen molar-refractivity contribution in [2.45, 2.75) is 76.0 Å². The number of likely N-dealkylation sites (tertiary alicyclic amines) is 1. The average molecular weight is 791 g/mol. The first-order valence-corrected chi connectivity index (χ1v) is 18.3. The van der Waals surface area contributed by atoms with Crippen molar-refractivity contribution in [3.63, 3.8) is 0 Å². The van der Waals surface area contributed by atoms with Crippen LogP contribution in [0.4, 0.5) is 18.9 Å². The van der Waals surface area contributed by atoms with Crippen molar-refractivity contribution in [1.29, 1.82) is 0 Å². The summed E-state index contributed by atoms with van der Waals surface area (Å²) >= 11 is 6.16. The fourth-order valence-corrected chi connectivity index (χ4v) is 8.01. The van der Waals surface area contributed by atoms with Crippen LogP contribution in [0.25, 0.3) is 17.2 Å². The van der Waals surface area contributed by atoms with E-state index in [0.29, 0.717) is 36.1 Å². The van der Waals surface area contributed by atoms with E-state index >= 15 is 0 Å². The number of halogens is 4. The molecule has 1 spiro atoms. The molecule has 1 saturated carbocycles. The summed E-state index contributed by atoms with van der Waals surface area (Å²) in [5.74, 6) is -1.85. The highest BCUT2D eigenvalue weighted by molar-refractivity contribution is 6.33. The molecule has 8 rings (SSSR count). The van der Waals surface area contributed by atoms with E-state index < -0.39 is 41.1 Å². The maximum absolute atomic E-state index is 14.6. The Morgan fingerprint density at radius 2 is 1.82 bits per heavy atom. The van der Waals surface area contributed by atoms with Crippen LogP contribution in [0.15, 0.2) is 47.7 Å². The van der Waals surface area contributed by atoms with E-state index in [1.54, 1.807) is 22.5 Å². The van der Waals surface area contributed by atoms with Crippen molar-refractivity contribution in [2.24, 2.45) is 0 Å². The third-order valence-corrected chi connectivity index (χ3v) is 11.0. The highest BCUT2D eigenvalue weighted by atomic mass is 35.5. The molecule has 3 aliphatic rings. The lowest BCUT2D eigenvalue weighted by Gasteiger charge is -2.39. The molecule has 15 nitrogen and oxygen atoms in total. The number of anilines is 1. The third kappa shape index (κ3) is 6.60. The van der Waals surface area contributed by atoms with Gasteiger partial charge in [0.1, 0.15) is 18.6 Å².